The summed E-state index contributed by atoms with van der Waals surface area (Å²) in [6, 6.07) is 1.91. The van der Waals surface area contributed by atoms with Crippen molar-refractivity contribution < 1.29 is 19.8 Å². The summed E-state index contributed by atoms with van der Waals surface area (Å²) >= 11 is 0. The molecule has 0 radical (unpaired) electrons. The molecule has 3 N–H and O–H groups in total. The van der Waals surface area contributed by atoms with Crippen LogP contribution in [0.2, 0.25) is 0 Å². The topological polar surface area (TPSA) is 89.9 Å². The zero-order chi connectivity index (χ0) is 16.2. The molecule has 0 aliphatic rings. The third-order valence-corrected chi connectivity index (χ3v) is 3.19. The number of carbonyl (C=O) groups excluding carboxylic acids is 2. The van der Waals surface area contributed by atoms with Crippen LogP contribution in [0.4, 0.5) is 0 Å². The Hall–Kier alpha value is -2.24. The highest BCUT2D eigenvalue weighted by atomic mass is 16.3. The Bertz CT molecular complexity index is 541. The number of aryl methyl sites for hydroxylation is 1. The second-order valence-electron chi connectivity index (χ2n) is 5.20. The van der Waals surface area contributed by atoms with Crippen molar-refractivity contribution in [2.75, 3.05) is 14.1 Å². The van der Waals surface area contributed by atoms with Crippen molar-refractivity contribution in [1.82, 2.24) is 10.2 Å². The molecule has 1 aromatic rings. The molecule has 1 rings (SSSR count). The fraction of sp³-hybridized carbons (Fsp3) is 0.467. The number of nitrogens with zero attached hydrogens (tertiary/aromatic N) is 1. The van der Waals surface area contributed by atoms with E-state index in [0.717, 1.165) is 6.42 Å². The molecule has 0 spiro atoms. The molecule has 0 aliphatic carbocycles. The van der Waals surface area contributed by atoms with Crippen LogP contribution in [0.1, 0.15) is 35.7 Å². The van der Waals surface area contributed by atoms with E-state index in [1.54, 1.807) is 21.0 Å². The summed E-state index contributed by atoms with van der Waals surface area (Å²) in [4.78, 5) is 25.7. The van der Waals surface area contributed by atoms with Gasteiger partial charge in [-0.1, -0.05) is 13.3 Å². The average Bonchev–Trinajstić information content (AvgIpc) is 2.41. The van der Waals surface area contributed by atoms with Crippen molar-refractivity contribution in [3.8, 4) is 11.5 Å². The van der Waals surface area contributed by atoms with E-state index in [2.05, 4.69) is 5.32 Å². The Morgan fingerprint density at radius 1 is 1.24 bits per heavy atom. The van der Waals surface area contributed by atoms with Crippen LogP contribution in [0.3, 0.4) is 0 Å². The quantitative estimate of drug-likeness (QED) is 0.716. The maximum absolute atomic E-state index is 12.3. The molecule has 6 nitrogen and oxygen atoms in total. The minimum absolute atomic E-state index is 0.175. The Labute approximate surface area is 124 Å². The van der Waals surface area contributed by atoms with Crippen molar-refractivity contribution in [3.63, 3.8) is 0 Å². The zero-order valence-electron chi connectivity index (χ0n) is 12.8. The molecule has 0 aromatic heterocycles. The van der Waals surface area contributed by atoms with Crippen LogP contribution in [0.25, 0.3) is 0 Å². The Balaban J connectivity index is 2.97. The van der Waals surface area contributed by atoms with Gasteiger partial charge in [-0.05, 0) is 31.0 Å². The summed E-state index contributed by atoms with van der Waals surface area (Å²) in [6.45, 7) is 3.58. The summed E-state index contributed by atoms with van der Waals surface area (Å²) in [5, 5.41) is 21.6. The number of benzene rings is 1. The second kappa shape index (κ2) is 6.97. The lowest BCUT2D eigenvalue weighted by atomic mass is 10.1. The molecule has 0 heterocycles. The maximum atomic E-state index is 12.3. The van der Waals surface area contributed by atoms with Crippen LogP contribution in [0.15, 0.2) is 12.1 Å². The van der Waals surface area contributed by atoms with E-state index >= 15 is 0 Å². The molecule has 2 amide bonds. The van der Waals surface area contributed by atoms with Crippen LogP contribution >= 0.6 is 0 Å². The first-order valence-corrected chi connectivity index (χ1v) is 6.82. The van der Waals surface area contributed by atoms with E-state index in [-0.39, 0.29) is 23.0 Å². The van der Waals surface area contributed by atoms with Crippen LogP contribution in [0, 0.1) is 6.92 Å². The molecule has 1 aromatic carbocycles. The molecule has 0 aliphatic heterocycles. The largest absolute Gasteiger partial charge is 0.504 e. The minimum atomic E-state index is -0.604. The molecule has 0 fully saturated rings. The van der Waals surface area contributed by atoms with Gasteiger partial charge in [0.15, 0.2) is 11.5 Å². The molecular formula is C15H22N2O4. The van der Waals surface area contributed by atoms with Crippen LogP contribution in [-0.2, 0) is 4.79 Å². The van der Waals surface area contributed by atoms with Gasteiger partial charge in [0.25, 0.3) is 5.91 Å². The smallest absolute Gasteiger partial charge is 0.252 e. The average molecular weight is 294 g/mol. The Kier molecular flexibility index (Phi) is 5.58. The number of phenolic OH excluding ortho intramolecular Hbond substituents is 2. The number of nitrogens with one attached hydrogen (secondary N) is 1. The van der Waals surface area contributed by atoms with Gasteiger partial charge in [0.05, 0.1) is 0 Å². The lowest BCUT2D eigenvalue weighted by Gasteiger charge is -2.21. The second-order valence-corrected chi connectivity index (χ2v) is 5.20. The maximum Gasteiger partial charge on any atom is 0.252 e. The van der Waals surface area contributed by atoms with Gasteiger partial charge in [-0.25, -0.2) is 0 Å². The minimum Gasteiger partial charge on any atom is -0.504 e. The first-order valence-electron chi connectivity index (χ1n) is 6.82. The van der Waals surface area contributed by atoms with Gasteiger partial charge in [0.1, 0.15) is 6.04 Å². The van der Waals surface area contributed by atoms with Crippen LogP contribution in [-0.4, -0.2) is 47.1 Å². The fourth-order valence-electron chi connectivity index (χ4n) is 2.02. The lowest BCUT2D eigenvalue weighted by Crippen LogP contribution is -2.46. The van der Waals surface area contributed by atoms with Gasteiger partial charge < -0.3 is 20.4 Å². The van der Waals surface area contributed by atoms with E-state index < -0.39 is 11.9 Å². The Morgan fingerprint density at radius 3 is 2.33 bits per heavy atom. The van der Waals surface area contributed by atoms with E-state index in [4.69, 9.17) is 0 Å². The van der Waals surface area contributed by atoms with Gasteiger partial charge >= 0.3 is 0 Å². The first-order chi connectivity index (χ1) is 9.77. The number of phenols is 2. The lowest BCUT2D eigenvalue weighted by molar-refractivity contribution is -0.130. The number of likely N-dealkylation sites (N-methyl/N-ethyl adjacent to an activating group) is 1. The van der Waals surface area contributed by atoms with Gasteiger partial charge in [0, 0.05) is 19.7 Å². The molecule has 0 saturated carbocycles. The predicted molar refractivity (Wildman–Crippen MR) is 79.4 cm³/mol. The van der Waals surface area contributed by atoms with Crippen molar-refractivity contribution in [1.29, 1.82) is 0 Å². The number of rotatable bonds is 5. The van der Waals surface area contributed by atoms with E-state index in [1.165, 1.54) is 17.0 Å². The number of aromatic hydroxyl groups is 2. The molecule has 6 heteroatoms. The van der Waals surface area contributed by atoms with E-state index in [9.17, 15) is 19.8 Å². The normalized spacial score (nSPS) is 11.8. The molecule has 0 bridgehead atoms. The highest BCUT2D eigenvalue weighted by Crippen LogP contribution is 2.28. The molecule has 0 saturated heterocycles. The molecule has 116 valence electrons. The molecule has 1 atom stereocenters. The summed E-state index contributed by atoms with van der Waals surface area (Å²) in [7, 11) is 3.27. The van der Waals surface area contributed by atoms with Crippen LogP contribution in [0.5, 0.6) is 11.5 Å². The van der Waals surface area contributed by atoms with Gasteiger partial charge in [-0.2, -0.15) is 0 Å². The van der Waals surface area contributed by atoms with E-state index in [1.807, 2.05) is 6.92 Å². The van der Waals surface area contributed by atoms with Crippen molar-refractivity contribution in [2.45, 2.75) is 32.7 Å². The van der Waals surface area contributed by atoms with Gasteiger partial charge in [-0.15, -0.1) is 0 Å². The molecule has 21 heavy (non-hydrogen) atoms. The van der Waals surface area contributed by atoms with Crippen molar-refractivity contribution in [2.24, 2.45) is 0 Å². The third kappa shape index (κ3) is 4.11. The highest BCUT2D eigenvalue weighted by Gasteiger charge is 2.23. The van der Waals surface area contributed by atoms with E-state index in [0.29, 0.717) is 12.0 Å². The summed E-state index contributed by atoms with van der Waals surface area (Å²) < 4.78 is 0. The van der Waals surface area contributed by atoms with Crippen LogP contribution < -0.4 is 5.32 Å². The molecular weight excluding hydrogens is 272 g/mol. The number of amides is 2. The van der Waals surface area contributed by atoms with Gasteiger partial charge in [-0.3, -0.25) is 9.59 Å². The highest BCUT2D eigenvalue weighted by molar-refractivity contribution is 5.99. The summed E-state index contributed by atoms with van der Waals surface area (Å²) in [5.41, 5.74) is 0.758. The number of carbonyl (C=O) groups is 2. The summed E-state index contributed by atoms with van der Waals surface area (Å²) in [5.74, 6) is -1.27. The first kappa shape index (κ1) is 16.8. The SMILES string of the molecule is CCCC(NC(=O)c1cc(O)c(O)cc1C)C(=O)N(C)C. The monoisotopic (exact) mass is 294 g/mol. The standard InChI is InChI=1S/C15H22N2O4/c1-5-6-11(15(21)17(3)4)16-14(20)10-8-13(19)12(18)7-9(10)2/h7-8,11,18-19H,5-6H2,1-4H3,(H,16,20). The van der Waals surface area contributed by atoms with Gasteiger partial charge in [0.2, 0.25) is 5.91 Å². The van der Waals surface area contributed by atoms with Crippen molar-refractivity contribution in [3.05, 3.63) is 23.3 Å². The summed E-state index contributed by atoms with van der Waals surface area (Å²) in [6.07, 6.45) is 1.29. The zero-order valence-corrected chi connectivity index (χ0v) is 12.8. The number of hydrogen-bond donors (Lipinski definition) is 3. The number of hydrogen-bond acceptors (Lipinski definition) is 4. The van der Waals surface area contributed by atoms with Crippen molar-refractivity contribution >= 4 is 11.8 Å². The third-order valence-electron chi connectivity index (χ3n) is 3.19. The predicted octanol–water partition coefficient (Wildman–Crippen LogP) is 1.39. The fourth-order valence-corrected chi connectivity index (χ4v) is 2.02. The Morgan fingerprint density at radius 2 is 1.81 bits per heavy atom. The molecule has 1 unspecified atom stereocenters.